The van der Waals surface area contributed by atoms with Gasteiger partial charge in [-0.2, -0.15) is 0 Å². The van der Waals surface area contributed by atoms with Crippen LogP contribution in [-0.4, -0.2) is 31.1 Å². The van der Waals surface area contributed by atoms with Crippen LogP contribution in [0.5, 0.6) is 0 Å². The highest BCUT2D eigenvalue weighted by Gasteiger charge is 2.25. The molecule has 1 aromatic carbocycles. The Kier molecular flexibility index (Phi) is 3.74. The van der Waals surface area contributed by atoms with Gasteiger partial charge in [0.15, 0.2) is 0 Å². The van der Waals surface area contributed by atoms with Crippen molar-refractivity contribution in [3.8, 4) is 0 Å². The summed E-state index contributed by atoms with van der Waals surface area (Å²) in [6, 6.07) is 3.92. The highest BCUT2D eigenvalue weighted by Crippen LogP contribution is 2.25. The summed E-state index contributed by atoms with van der Waals surface area (Å²) in [5, 5.41) is 3.28. The van der Waals surface area contributed by atoms with Gasteiger partial charge in [0.1, 0.15) is 11.6 Å². The summed E-state index contributed by atoms with van der Waals surface area (Å²) in [6.45, 7) is 3.82. The largest absolute Gasteiger partial charge is 0.315 e. The zero-order chi connectivity index (χ0) is 12.4. The summed E-state index contributed by atoms with van der Waals surface area (Å²) >= 11 is 0. The van der Waals surface area contributed by atoms with Crippen LogP contribution < -0.4 is 5.32 Å². The molecule has 1 aliphatic heterocycles. The van der Waals surface area contributed by atoms with E-state index >= 15 is 0 Å². The molecule has 0 spiro atoms. The van der Waals surface area contributed by atoms with E-state index in [2.05, 4.69) is 10.2 Å². The molecule has 1 fully saturated rings. The van der Waals surface area contributed by atoms with Gasteiger partial charge < -0.3 is 5.32 Å². The first-order valence-corrected chi connectivity index (χ1v) is 5.97. The minimum Gasteiger partial charge on any atom is -0.315 e. The molecule has 0 saturated carbocycles. The van der Waals surface area contributed by atoms with Crippen LogP contribution in [0.1, 0.15) is 24.9 Å². The van der Waals surface area contributed by atoms with Crippen LogP contribution in [0, 0.1) is 11.6 Å². The predicted molar refractivity (Wildman–Crippen MR) is 63.8 cm³/mol. The normalized spacial score (nSPS) is 22.1. The SMILES string of the molecule is CC(c1cc(F)ccc1F)N(C)C1CCNC1. The molecule has 2 unspecified atom stereocenters. The van der Waals surface area contributed by atoms with Crippen molar-refractivity contribution in [2.24, 2.45) is 0 Å². The molecule has 1 heterocycles. The summed E-state index contributed by atoms with van der Waals surface area (Å²) in [5.41, 5.74) is 0.430. The molecule has 1 aromatic rings. The molecule has 4 heteroatoms. The molecule has 2 atom stereocenters. The molecule has 1 saturated heterocycles. The summed E-state index contributed by atoms with van der Waals surface area (Å²) in [4.78, 5) is 2.11. The zero-order valence-electron chi connectivity index (χ0n) is 10.2. The maximum atomic E-state index is 13.7. The van der Waals surface area contributed by atoms with E-state index < -0.39 is 0 Å². The van der Waals surface area contributed by atoms with Gasteiger partial charge >= 0.3 is 0 Å². The van der Waals surface area contributed by atoms with Crippen molar-refractivity contribution in [3.05, 3.63) is 35.4 Å². The lowest BCUT2D eigenvalue weighted by molar-refractivity contribution is 0.193. The fraction of sp³-hybridized carbons (Fsp3) is 0.538. The topological polar surface area (TPSA) is 15.3 Å². The van der Waals surface area contributed by atoms with Gasteiger partial charge in [0.05, 0.1) is 0 Å². The monoisotopic (exact) mass is 240 g/mol. The Morgan fingerprint density at radius 3 is 2.82 bits per heavy atom. The van der Waals surface area contributed by atoms with E-state index in [1.807, 2.05) is 14.0 Å². The van der Waals surface area contributed by atoms with Crippen molar-refractivity contribution in [2.75, 3.05) is 20.1 Å². The van der Waals surface area contributed by atoms with E-state index in [1.54, 1.807) is 0 Å². The van der Waals surface area contributed by atoms with Gasteiger partial charge in [0.2, 0.25) is 0 Å². The molecule has 17 heavy (non-hydrogen) atoms. The average Bonchev–Trinajstić information content (AvgIpc) is 2.84. The number of likely N-dealkylation sites (N-methyl/N-ethyl adjacent to an activating group) is 1. The lowest BCUT2D eigenvalue weighted by atomic mass is 10.0. The molecular weight excluding hydrogens is 222 g/mol. The molecule has 0 radical (unpaired) electrons. The third-order valence-electron chi connectivity index (χ3n) is 3.63. The smallest absolute Gasteiger partial charge is 0.128 e. The Labute approximate surface area is 101 Å². The Bertz CT molecular complexity index is 389. The highest BCUT2D eigenvalue weighted by atomic mass is 19.1. The van der Waals surface area contributed by atoms with Gasteiger partial charge in [-0.3, -0.25) is 4.90 Å². The van der Waals surface area contributed by atoms with Gasteiger partial charge in [0, 0.05) is 24.2 Å². The van der Waals surface area contributed by atoms with Crippen LogP contribution in [0.25, 0.3) is 0 Å². The molecule has 94 valence electrons. The second kappa shape index (κ2) is 5.10. The first-order chi connectivity index (χ1) is 8.09. The molecule has 1 aliphatic rings. The third-order valence-corrected chi connectivity index (χ3v) is 3.63. The van der Waals surface area contributed by atoms with Crippen LogP contribution in [0.15, 0.2) is 18.2 Å². The minimum absolute atomic E-state index is 0.115. The van der Waals surface area contributed by atoms with Crippen LogP contribution in [0.4, 0.5) is 8.78 Å². The van der Waals surface area contributed by atoms with Gasteiger partial charge in [-0.05, 0) is 45.1 Å². The summed E-state index contributed by atoms with van der Waals surface area (Å²) in [7, 11) is 1.96. The predicted octanol–water partition coefficient (Wildman–Crippen LogP) is 2.32. The van der Waals surface area contributed by atoms with E-state index in [-0.39, 0.29) is 17.7 Å². The van der Waals surface area contributed by atoms with Crippen molar-refractivity contribution < 1.29 is 8.78 Å². The first-order valence-electron chi connectivity index (χ1n) is 5.97. The quantitative estimate of drug-likeness (QED) is 0.872. The molecular formula is C13H18F2N2. The van der Waals surface area contributed by atoms with Crippen molar-refractivity contribution >= 4 is 0 Å². The van der Waals surface area contributed by atoms with E-state index in [1.165, 1.54) is 12.1 Å². The highest BCUT2D eigenvalue weighted by molar-refractivity contribution is 5.22. The third kappa shape index (κ3) is 2.64. The van der Waals surface area contributed by atoms with Crippen molar-refractivity contribution in [2.45, 2.75) is 25.4 Å². The number of rotatable bonds is 3. The van der Waals surface area contributed by atoms with Crippen LogP contribution in [0.2, 0.25) is 0 Å². The molecule has 0 aromatic heterocycles. The Balaban J connectivity index is 2.17. The molecule has 2 rings (SSSR count). The Morgan fingerprint density at radius 1 is 1.41 bits per heavy atom. The molecule has 0 bridgehead atoms. The maximum absolute atomic E-state index is 13.7. The average molecular weight is 240 g/mol. The second-order valence-electron chi connectivity index (χ2n) is 4.65. The van der Waals surface area contributed by atoms with E-state index in [0.717, 1.165) is 25.6 Å². The number of benzene rings is 1. The van der Waals surface area contributed by atoms with E-state index in [0.29, 0.717) is 11.6 Å². The standard InChI is InChI=1S/C13H18F2N2/c1-9(17(2)11-5-6-16-8-11)12-7-10(14)3-4-13(12)15/h3-4,7,9,11,16H,5-6,8H2,1-2H3. The zero-order valence-corrected chi connectivity index (χ0v) is 10.2. The lowest BCUT2D eigenvalue weighted by Crippen LogP contribution is -2.35. The first kappa shape index (κ1) is 12.5. The number of halogens is 2. The van der Waals surface area contributed by atoms with Gasteiger partial charge in [-0.25, -0.2) is 8.78 Å². The van der Waals surface area contributed by atoms with Crippen molar-refractivity contribution in [1.29, 1.82) is 0 Å². The molecule has 2 nitrogen and oxygen atoms in total. The number of hydrogen-bond donors (Lipinski definition) is 1. The van der Waals surface area contributed by atoms with Gasteiger partial charge in [0.25, 0.3) is 0 Å². The van der Waals surface area contributed by atoms with Crippen LogP contribution >= 0.6 is 0 Å². The van der Waals surface area contributed by atoms with Crippen LogP contribution in [-0.2, 0) is 0 Å². The van der Waals surface area contributed by atoms with Gasteiger partial charge in [-0.1, -0.05) is 0 Å². The number of nitrogens with zero attached hydrogens (tertiary/aromatic N) is 1. The number of hydrogen-bond acceptors (Lipinski definition) is 2. The van der Waals surface area contributed by atoms with Crippen LogP contribution in [0.3, 0.4) is 0 Å². The van der Waals surface area contributed by atoms with E-state index in [9.17, 15) is 8.78 Å². The van der Waals surface area contributed by atoms with Crippen molar-refractivity contribution in [1.82, 2.24) is 10.2 Å². The minimum atomic E-state index is -0.383. The number of nitrogens with one attached hydrogen (secondary N) is 1. The molecule has 0 amide bonds. The van der Waals surface area contributed by atoms with Crippen molar-refractivity contribution in [3.63, 3.8) is 0 Å². The fourth-order valence-corrected chi connectivity index (χ4v) is 2.36. The molecule has 0 aliphatic carbocycles. The summed E-state index contributed by atoms with van der Waals surface area (Å²) in [6.07, 6.45) is 1.05. The second-order valence-corrected chi connectivity index (χ2v) is 4.65. The Morgan fingerprint density at radius 2 is 2.18 bits per heavy atom. The summed E-state index contributed by atoms with van der Waals surface area (Å²) < 4.78 is 26.8. The van der Waals surface area contributed by atoms with E-state index in [4.69, 9.17) is 0 Å². The fourth-order valence-electron chi connectivity index (χ4n) is 2.36. The lowest BCUT2D eigenvalue weighted by Gasteiger charge is -2.30. The summed E-state index contributed by atoms with van der Waals surface area (Å²) in [5.74, 6) is -0.720. The molecule has 1 N–H and O–H groups in total. The van der Waals surface area contributed by atoms with Gasteiger partial charge in [-0.15, -0.1) is 0 Å². The maximum Gasteiger partial charge on any atom is 0.128 e. The Hall–Kier alpha value is -1.00.